The van der Waals surface area contributed by atoms with Crippen LogP contribution >= 0.6 is 15.9 Å². The Kier molecular flexibility index (Phi) is 6.89. The molecule has 0 saturated carbocycles. The molecule has 156 valence electrons. The molecule has 2 aromatic carbocycles. The normalized spacial score (nSPS) is 20.4. The first-order valence-corrected chi connectivity index (χ1v) is 11.0. The van der Waals surface area contributed by atoms with Crippen LogP contribution in [0.5, 0.6) is 11.5 Å². The summed E-state index contributed by atoms with van der Waals surface area (Å²) in [7, 11) is 1.59. The summed E-state index contributed by atoms with van der Waals surface area (Å²) in [5, 5.41) is 10.8. The van der Waals surface area contributed by atoms with Gasteiger partial charge in [0.05, 0.1) is 7.11 Å². The number of piperidine rings is 1. The zero-order valence-electron chi connectivity index (χ0n) is 17.6. The summed E-state index contributed by atoms with van der Waals surface area (Å²) in [6.07, 6.45) is 1.49. The largest absolute Gasteiger partial charge is 0.507 e. The van der Waals surface area contributed by atoms with E-state index in [2.05, 4.69) is 29.8 Å². The van der Waals surface area contributed by atoms with Crippen LogP contribution in [-0.4, -0.2) is 36.1 Å². The van der Waals surface area contributed by atoms with Crippen molar-refractivity contribution in [2.75, 3.05) is 20.2 Å². The summed E-state index contributed by atoms with van der Waals surface area (Å²) in [4.78, 5) is 15.3. The van der Waals surface area contributed by atoms with Crippen molar-refractivity contribution in [1.29, 1.82) is 0 Å². The fraction of sp³-hybridized carbons (Fsp3) is 0.458. The molecule has 2 aromatic rings. The van der Waals surface area contributed by atoms with Crippen LogP contribution in [0, 0.1) is 18.8 Å². The van der Waals surface area contributed by atoms with E-state index in [0.29, 0.717) is 24.0 Å². The average Bonchev–Trinajstić information content (AvgIpc) is 2.65. The molecule has 4 nitrogen and oxygen atoms in total. The van der Waals surface area contributed by atoms with Crippen molar-refractivity contribution in [2.45, 2.75) is 39.5 Å². The Hall–Kier alpha value is -2.01. The number of likely N-dealkylation sites (tertiary alicyclic amines) is 1. The molecule has 0 bridgehead atoms. The molecule has 1 saturated heterocycles. The minimum Gasteiger partial charge on any atom is -0.507 e. The van der Waals surface area contributed by atoms with Gasteiger partial charge in [-0.3, -0.25) is 4.79 Å². The Morgan fingerprint density at radius 1 is 1.24 bits per heavy atom. The van der Waals surface area contributed by atoms with Crippen molar-refractivity contribution in [2.24, 2.45) is 11.8 Å². The first-order chi connectivity index (χ1) is 13.8. The van der Waals surface area contributed by atoms with Gasteiger partial charge in [0, 0.05) is 41.5 Å². The van der Waals surface area contributed by atoms with Crippen molar-refractivity contribution < 1.29 is 14.6 Å². The molecule has 3 rings (SSSR count). The molecule has 0 radical (unpaired) electrons. The smallest absolute Gasteiger partial charge is 0.223 e. The standard InChI is InChI=1S/C24H30BrNO3/c1-15-8-16(2)14-26(13-15)23(28)12-21(18-6-5-7-19(25)10-18)24-17(3)9-20(29-4)11-22(24)27/h5-7,9-11,15-16,21,27H,8,12-14H2,1-4H3. The Balaban J connectivity index is 1.98. The molecular formula is C24H30BrNO3. The molecular weight excluding hydrogens is 430 g/mol. The van der Waals surface area contributed by atoms with E-state index in [4.69, 9.17) is 4.74 Å². The van der Waals surface area contributed by atoms with Crippen LogP contribution in [0.25, 0.3) is 0 Å². The molecule has 1 fully saturated rings. The van der Waals surface area contributed by atoms with Gasteiger partial charge in [-0.05, 0) is 54.5 Å². The highest BCUT2D eigenvalue weighted by molar-refractivity contribution is 9.10. The maximum absolute atomic E-state index is 13.3. The molecule has 0 spiro atoms. The Morgan fingerprint density at radius 3 is 2.52 bits per heavy atom. The lowest BCUT2D eigenvalue weighted by molar-refractivity contribution is -0.134. The van der Waals surface area contributed by atoms with E-state index < -0.39 is 0 Å². The van der Waals surface area contributed by atoms with Gasteiger partial charge in [-0.2, -0.15) is 0 Å². The number of phenols is 1. The minimum absolute atomic E-state index is 0.142. The lowest BCUT2D eigenvalue weighted by Gasteiger charge is -2.36. The molecule has 3 atom stereocenters. The number of aryl methyl sites for hydroxylation is 1. The van der Waals surface area contributed by atoms with Crippen molar-refractivity contribution >= 4 is 21.8 Å². The van der Waals surface area contributed by atoms with E-state index in [-0.39, 0.29) is 17.6 Å². The van der Waals surface area contributed by atoms with Gasteiger partial charge < -0.3 is 14.7 Å². The van der Waals surface area contributed by atoms with Crippen LogP contribution in [0.15, 0.2) is 40.9 Å². The maximum Gasteiger partial charge on any atom is 0.223 e. The van der Waals surface area contributed by atoms with E-state index in [0.717, 1.165) is 40.7 Å². The fourth-order valence-electron chi connectivity index (χ4n) is 4.60. The zero-order chi connectivity index (χ0) is 21.1. The van der Waals surface area contributed by atoms with E-state index in [1.807, 2.05) is 42.2 Å². The SMILES string of the molecule is COc1cc(C)c(C(CC(=O)N2CC(C)CC(C)C2)c2cccc(Br)c2)c(O)c1. The average molecular weight is 460 g/mol. The number of benzene rings is 2. The second-order valence-corrected chi connectivity index (χ2v) is 9.35. The van der Waals surface area contributed by atoms with Gasteiger partial charge in [0.2, 0.25) is 5.91 Å². The lowest BCUT2D eigenvalue weighted by atomic mass is 9.84. The number of hydrogen-bond acceptors (Lipinski definition) is 3. The van der Waals surface area contributed by atoms with E-state index >= 15 is 0 Å². The molecule has 1 amide bonds. The first-order valence-electron chi connectivity index (χ1n) is 10.2. The van der Waals surface area contributed by atoms with Gasteiger partial charge in [0.15, 0.2) is 0 Å². The predicted octanol–water partition coefficient (Wildman–Crippen LogP) is 5.50. The number of hydrogen-bond donors (Lipinski definition) is 1. The first kappa shape index (κ1) is 21.7. The number of halogens is 1. The molecule has 3 unspecified atom stereocenters. The Morgan fingerprint density at radius 2 is 1.93 bits per heavy atom. The van der Waals surface area contributed by atoms with E-state index in [1.54, 1.807) is 13.2 Å². The summed E-state index contributed by atoms with van der Waals surface area (Å²) < 4.78 is 6.25. The second-order valence-electron chi connectivity index (χ2n) is 8.43. The van der Waals surface area contributed by atoms with Gasteiger partial charge >= 0.3 is 0 Å². The summed E-state index contributed by atoms with van der Waals surface area (Å²) >= 11 is 3.54. The number of aromatic hydroxyl groups is 1. The molecule has 5 heteroatoms. The number of carbonyl (C=O) groups excluding carboxylic acids is 1. The van der Waals surface area contributed by atoms with Gasteiger partial charge in [0.1, 0.15) is 11.5 Å². The summed E-state index contributed by atoms with van der Waals surface area (Å²) in [6, 6.07) is 11.5. The molecule has 0 aromatic heterocycles. The third-order valence-electron chi connectivity index (χ3n) is 5.77. The predicted molar refractivity (Wildman–Crippen MR) is 120 cm³/mol. The number of carbonyl (C=O) groups is 1. The molecule has 1 N–H and O–H groups in total. The summed E-state index contributed by atoms with van der Waals surface area (Å²) in [5.41, 5.74) is 2.71. The molecule has 1 aliphatic heterocycles. The van der Waals surface area contributed by atoms with Crippen LogP contribution in [-0.2, 0) is 4.79 Å². The Labute approximate surface area is 182 Å². The van der Waals surface area contributed by atoms with Crippen LogP contribution in [0.1, 0.15) is 49.3 Å². The maximum atomic E-state index is 13.3. The van der Waals surface area contributed by atoms with Gasteiger partial charge in [-0.1, -0.05) is 41.9 Å². The van der Waals surface area contributed by atoms with Crippen molar-refractivity contribution in [1.82, 2.24) is 4.90 Å². The quantitative estimate of drug-likeness (QED) is 0.641. The monoisotopic (exact) mass is 459 g/mol. The number of phenolic OH excluding ortho intramolecular Hbond substituents is 1. The van der Waals surface area contributed by atoms with Crippen LogP contribution < -0.4 is 4.74 Å². The topological polar surface area (TPSA) is 49.8 Å². The fourth-order valence-corrected chi connectivity index (χ4v) is 5.02. The molecule has 1 heterocycles. The van der Waals surface area contributed by atoms with Crippen LogP contribution in [0.3, 0.4) is 0 Å². The number of methoxy groups -OCH3 is 1. The van der Waals surface area contributed by atoms with Crippen molar-refractivity contribution in [3.05, 3.63) is 57.6 Å². The molecule has 1 aliphatic rings. The summed E-state index contributed by atoms with van der Waals surface area (Å²) in [5.74, 6) is 1.73. The van der Waals surface area contributed by atoms with E-state index in [1.165, 1.54) is 0 Å². The van der Waals surface area contributed by atoms with E-state index in [9.17, 15) is 9.90 Å². The highest BCUT2D eigenvalue weighted by atomic mass is 79.9. The van der Waals surface area contributed by atoms with Crippen molar-refractivity contribution in [3.8, 4) is 11.5 Å². The van der Waals surface area contributed by atoms with Gasteiger partial charge in [-0.15, -0.1) is 0 Å². The Bertz CT molecular complexity index is 849. The molecule has 29 heavy (non-hydrogen) atoms. The van der Waals surface area contributed by atoms with Crippen LogP contribution in [0.2, 0.25) is 0 Å². The second kappa shape index (κ2) is 9.21. The number of rotatable bonds is 5. The number of nitrogens with zero attached hydrogens (tertiary/aromatic N) is 1. The third kappa shape index (κ3) is 5.13. The van der Waals surface area contributed by atoms with Crippen molar-refractivity contribution in [3.63, 3.8) is 0 Å². The van der Waals surface area contributed by atoms with Crippen LogP contribution in [0.4, 0.5) is 0 Å². The zero-order valence-corrected chi connectivity index (χ0v) is 19.2. The minimum atomic E-state index is -0.224. The summed E-state index contributed by atoms with van der Waals surface area (Å²) in [6.45, 7) is 7.99. The highest BCUT2D eigenvalue weighted by Crippen LogP contribution is 2.40. The third-order valence-corrected chi connectivity index (χ3v) is 6.27. The molecule has 0 aliphatic carbocycles. The lowest BCUT2D eigenvalue weighted by Crippen LogP contribution is -2.43. The van der Waals surface area contributed by atoms with Gasteiger partial charge in [-0.25, -0.2) is 0 Å². The number of amides is 1. The highest BCUT2D eigenvalue weighted by Gasteiger charge is 2.30. The number of ether oxygens (including phenoxy) is 1. The van der Waals surface area contributed by atoms with Gasteiger partial charge in [0.25, 0.3) is 0 Å².